The first-order chi connectivity index (χ1) is 13.2. The fourth-order valence-corrected chi connectivity index (χ4v) is 2.77. The normalized spacial score (nSPS) is 13.1. The molecule has 2 aromatic carbocycles. The largest absolute Gasteiger partial charge is 0.491 e. The Bertz CT molecular complexity index is 794. The molecule has 27 heavy (non-hydrogen) atoms. The molecule has 0 aliphatic carbocycles. The monoisotopic (exact) mass is 370 g/mol. The fraction of sp³-hybridized carbons (Fsp3) is 0.300. The maximum absolute atomic E-state index is 12.5. The molecule has 2 amide bonds. The highest BCUT2D eigenvalue weighted by Crippen LogP contribution is 2.26. The van der Waals surface area contributed by atoms with E-state index in [2.05, 4.69) is 5.32 Å². The Morgan fingerprint density at radius 3 is 2.74 bits per heavy atom. The summed E-state index contributed by atoms with van der Waals surface area (Å²) in [6.45, 7) is 1.20. The second kappa shape index (κ2) is 9.05. The molecular formula is C20H22N2O5. The summed E-state index contributed by atoms with van der Waals surface area (Å²) in [5.41, 5.74) is 1.46. The van der Waals surface area contributed by atoms with E-state index in [-0.39, 0.29) is 25.0 Å². The van der Waals surface area contributed by atoms with Crippen LogP contribution >= 0.6 is 0 Å². The Morgan fingerprint density at radius 1 is 1.15 bits per heavy atom. The number of carbonyl (C=O) groups is 2. The number of para-hydroxylation sites is 1. The summed E-state index contributed by atoms with van der Waals surface area (Å²) in [5, 5.41) is 2.76. The standard InChI is InChI=1S/C20H22N2O5/c1-25-13-19(23)21-16-7-8-18-15(11-16)12-22(9-10-26-18)20(24)14-27-17-5-3-2-4-6-17/h2-8,11H,9-10,12-14H2,1H3,(H,21,23). The summed E-state index contributed by atoms with van der Waals surface area (Å²) in [6.07, 6.45) is 0. The van der Waals surface area contributed by atoms with Gasteiger partial charge in [-0.15, -0.1) is 0 Å². The number of ether oxygens (including phenoxy) is 3. The zero-order valence-electron chi connectivity index (χ0n) is 15.1. The van der Waals surface area contributed by atoms with Crippen molar-refractivity contribution in [2.75, 3.05) is 38.8 Å². The summed E-state index contributed by atoms with van der Waals surface area (Å²) in [5.74, 6) is 1.000. The van der Waals surface area contributed by atoms with Crippen LogP contribution in [-0.2, 0) is 20.9 Å². The predicted octanol–water partition coefficient (Wildman–Crippen LogP) is 2.07. The van der Waals surface area contributed by atoms with Gasteiger partial charge >= 0.3 is 0 Å². The van der Waals surface area contributed by atoms with E-state index in [1.54, 1.807) is 17.0 Å². The first-order valence-corrected chi connectivity index (χ1v) is 8.66. The van der Waals surface area contributed by atoms with Gasteiger partial charge in [0.1, 0.15) is 24.7 Å². The minimum Gasteiger partial charge on any atom is -0.491 e. The first-order valence-electron chi connectivity index (χ1n) is 8.66. The van der Waals surface area contributed by atoms with Crippen LogP contribution in [0.2, 0.25) is 0 Å². The summed E-state index contributed by atoms with van der Waals surface area (Å²) in [7, 11) is 1.46. The average molecular weight is 370 g/mol. The van der Waals surface area contributed by atoms with Crippen LogP contribution in [0.4, 0.5) is 5.69 Å². The molecule has 2 aromatic rings. The third kappa shape index (κ3) is 5.21. The van der Waals surface area contributed by atoms with E-state index in [4.69, 9.17) is 14.2 Å². The maximum Gasteiger partial charge on any atom is 0.260 e. The van der Waals surface area contributed by atoms with E-state index in [9.17, 15) is 9.59 Å². The lowest BCUT2D eigenvalue weighted by atomic mass is 10.1. The third-order valence-corrected chi connectivity index (χ3v) is 4.06. The number of benzene rings is 2. The topological polar surface area (TPSA) is 77.1 Å². The molecule has 0 atom stereocenters. The average Bonchev–Trinajstić information content (AvgIpc) is 2.89. The number of fused-ring (bicyclic) bond motifs is 1. The number of hydrogen-bond acceptors (Lipinski definition) is 5. The van der Waals surface area contributed by atoms with Crippen LogP contribution in [-0.4, -0.2) is 50.2 Å². The van der Waals surface area contributed by atoms with Crippen molar-refractivity contribution in [2.24, 2.45) is 0 Å². The lowest BCUT2D eigenvalue weighted by molar-refractivity contribution is -0.134. The van der Waals surface area contributed by atoms with Gasteiger partial charge in [0.2, 0.25) is 5.91 Å². The van der Waals surface area contributed by atoms with Gasteiger partial charge in [-0.1, -0.05) is 18.2 Å². The van der Waals surface area contributed by atoms with Gasteiger partial charge in [-0.2, -0.15) is 0 Å². The molecule has 1 aliphatic rings. The van der Waals surface area contributed by atoms with Gasteiger partial charge < -0.3 is 24.4 Å². The van der Waals surface area contributed by atoms with Crippen LogP contribution in [0.1, 0.15) is 5.56 Å². The van der Waals surface area contributed by atoms with Crippen LogP contribution in [0.3, 0.4) is 0 Å². The number of nitrogens with zero attached hydrogens (tertiary/aromatic N) is 1. The molecular weight excluding hydrogens is 348 g/mol. The summed E-state index contributed by atoms with van der Waals surface area (Å²) >= 11 is 0. The van der Waals surface area contributed by atoms with Crippen LogP contribution in [0.15, 0.2) is 48.5 Å². The third-order valence-electron chi connectivity index (χ3n) is 4.06. The summed E-state index contributed by atoms with van der Waals surface area (Å²) in [4.78, 5) is 25.9. The molecule has 0 saturated carbocycles. The van der Waals surface area contributed by atoms with Crippen molar-refractivity contribution in [3.8, 4) is 11.5 Å². The van der Waals surface area contributed by atoms with Crippen molar-refractivity contribution in [1.82, 2.24) is 4.90 Å². The van der Waals surface area contributed by atoms with Crippen molar-refractivity contribution in [2.45, 2.75) is 6.54 Å². The van der Waals surface area contributed by atoms with E-state index in [1.807, 2.05) is 36.4 Å². The van der Waals surface area contributed by atoms with Gasteiger partial charge in [0.05, 0.1) is 6.54 Å². The van der Waals surface area contributed by atoms with E-state index in [0.29, 0.717) is 36.9 Å². The molecule has 7 nitrogen and oxygen atoms in total. The molecule has 0 saturated heterocycles. The molecule has 1 aliphatic heterocycles. The van der Waals surface area contributed by atoms with Gasteiger partial charge in [-0.25, -0.2) is 0 Å². The quantitative estimate of drug-likeness (QED) is 0.842. The van der Waals surface area contributed by atoms with Crippen molar-refractivity contribution < 1.29 is 23.8 Å². The molecule has 7 heteroatoms. The second-order valence-corrected chi connectivity index (χ2v) is 6.07. The minimum atomic E-state index is -0.240. The second-order valence-electron chi connectivity index (χ2n) is 6.07. The van der Waals surface area contributed by atoms with Gasteiger partial charge in [0.25, 0.3) is 5.91 Å². The van der Waals surface area contributed by atoms with E-state index in [1.165, 1.54) is 7.11 Å². The highest BCUT2D eigenvalue weighted by atomic mass is 16.5. The van der Waals surface area contributed by atoms with Gasteiger partial charge in [-0.3, -0.25) is 9.59 Å². The molecule has 0 aromatic heterocycles. The number of anilines is 1. The van der Waals surface area contributed by atoms with E-state index in [0.717, 1.165) is 5.56 Å². The van der Waals surface area contributed by atoms with Gasteiger partial charge in [-0.05, 0) is 30.3 Å². The number of hydrogen-bond donors (Lipinski definition) is 1. The van der Waals surface area contributed by atoms with Crippen molar-refractivity contribution in [3.05, 3.63) is 54.1 Å². The lowest BCUT2D eigenvalue weighted by Crippen LogP contribution is -2.36. The Hall–Kier alpha value is -3.06. The van der Waals surface area contributed by atoms with Crippen LogP contribution in [0.5, 0.6) is 11.5 Å². The van der Waals surface area contributed by atoms with Crippen LogP contribution in [0, 0.1) is 0 Å². The van der Waals surface area contributed by atoms with Crippen molar-refractivity contribution in [3.63, 3.8) is 0 Å². The molecule has 0 unspecified atom stereocenters. The number of carbonyl (C=O) groups excluding carboxylic acids is 2. The van der Waals surface area contributed by atoms with Gasteiger partial charge in [0, 0.05) is 24.9 Å². The van der Waals surface area contributed by atoms with Crippen molar-refractivity contribution in [1.29, 1.82) is 0 Å². The highest BCUT2D eigenvalue weighted by molar-refractivity contribution is 5.91. The Morgan fingerprint density at radius 2 is 1.96 bits per heavy atom. The Kier molecular flexibility index (Phi) is 6.27. The molecule has 0 fully saturated rings. The Labute approximate surface area is 157 Å². The van der Waals surface area contributed by atoms with E-state index >= 15 is 0 Å². The molecule has 0 bridgehead atoms. The number of methoxy groups -OCH3 is 1. The first kappa shape index (κ1) is 18.7. The Balaban J connectivity index is 1.65. The number of nitrogens with one attached hydrogen (secondary N) is 1. The zero-order chi connectivity index (χ0) is 19.1. The smallest absolute Gasteiger partial charge is 0.260 e. The highest BCUT2D eigenvalue weighted by Gasteiger charge is 2.21. The molecule has 3 rings (SSSR count). The van der Waals surface area contributed by atoms with E-state index < -0.39 is 0 Å². The molecule has 0 radical (unpaired) electrons. The molecule has 1 heterocycles. The minimum absolute atomic E-state index is 0.0188. The predicted molar refractivity (Wildman–Crippen MR) is 99.8 cm³/mol. The van der Waals surface area contributed by atoms with Crippen LogP contribution in [0.25, 0.3) is 0 Å². The van der Waals surface area contributed by atoms with Gasteiger partial charge in [0.15, 0.2) is 6.61 Å². The number of rotatable bonds is 6. The summed E-state index contributed by atoms with van der Waals surface area (Å²) in [6, 6.07) is 14.6. The zero-order valence-corrected chi connectivity index (χ0v) is 15.1. The van der Waals surface area contributed by atoms with Crippen LogP contribution < -0.4 is 14.8 Å². The molecule has 0 spiro atoms. The maximum atomic E-state index is 12.5. The summed E-state index contributed by atoms with van der Waals surface area (Å²) < 4.78 is 16.1. The SMILES string of the molecule is COCC(=O)Nc1ccc2c(c1)CN(C(=O)COc1ccccc1)CCO2. The lowest BCUT2D eigenvalue weighted by Gasteiger charge is -2.20. The number of amides is 2. The van der Waals surface area contributed by atoms with Crippen molar-refractivity contribution >= 4 is 17.5 Å². The molecule has 1 N–H and O–H groups in total. The fourth-order valence-electron chi connectivity index (χ4n) is 2.77. The molecule has 142 valence electrons.